The van der Waals surface area contributed by atoms with Crippen molar-refractivity contribution in [2.45, 2.75) is 11.0 Å². The zero-order valence-corrected chi connectivity index (χ0v) is 5.53. The van der Waals surface area contributed by atoms with E-state index >= 15 is 0 Å². The van der Waals surface area contributed by atoms with Gasteiger partial charge < -0.3 is 5.11 Å². The quantitative estimate of drug-likeness (QED) is 0.659. The molecule has 0 spiro atoms. The van der Waals surface area contributed by atoms with E-state index in [1.165, 1.54) is 0 Å². The first kappa shape index (κ1) is 8.74. The van der Waals surface area contributed by atoms with Crippen molar-refractivity contribution in [3.05, 3.63) is 0 Å². The first-order valence-corrected chi connectivity index (χ1v) is 2.71. The zero-order valence-electron chi connectivity index (χ0n) is 3.94. The van der Waals surface area contributed by atoms with Crippen molar-refractivity contribution in [1.82, 2.24) is 0 Å². The van der Waals surface area contributed by atoms with Gasteiger partial charge in [0.05, 0.1) is 0 Å². The van der Waals surface area contributed by atoms with Crippen molar-refractivity contribution in [2.75, 3.05) is 0 Å². The molecule has 1 N–H and O–H groups in total. The molecule has 0 aliphatic carbocycles. The van der Waals surface area contributed by atoms with Crippen molar-refractivity contribution in [2.24, 2.45) is 0 Å². The lowest BCUT2D eigenvalue weighted by Gasteiger charge is -2.07. The molecule has 0 saturated heterocycles. The molecule has 0 rings (SSSR count). The molecule has 0 radical (unpaired) electrons. The van der Waals surface area contributed by atoms with Gasteiger partial charge in [0.25, 0.3) is 0 Å². The van der Waals surface area contributed by atoms with Crippen LogP contribution in [0.4, 0.5) is 13.2 Å². The smallest absolute Gasteiger partial charge is 0.411 e. The van der Waals surface area contributed by atoms with Crippen LogP contribution in [0.25, 0.3) is 0 Å². The van der Waals surface area contributed by atoms with E-state index in [2.05, 4.69) is 0 Å². The van der Waals surface area contributed by atoms with Crippen molar-refractivity contribution in [1.29, 1.82) is 0 Å². The monoisotopic (exact) mass is 206 g/mol. The van der Waals surface area contributed by atoms with E-state index in [1.807, 2.05) is 15.9 Å². The average Bonchev–Trinajstić information content (AvgIpc) is 1.62. The highest BCUT2D eigenvalue weighted by molar-refractivity contribution is 9.10. The number of carbonyl (C=O) groups is 1. The Bertz CT molecular complexity index is 121. The van der Waals surface area contributed by atoms with Gasteiger partial charge in [-0.1, -0.05) is 15.9 Å². The number of hydrogen-bond acceptors (Lipinski definition) is 1. The predicted octanol–water partition coefficient (Wildman–Crippen LogP) is 1.40. The van der Waals surface area contributed by atoms with Crippen LogP contribution in [-0.2, 0) is 4.79 Å². The van der Waals surface area contributed by atoms with E-state index in [0.717, 1.165) is 0 Å². The Morgan fingerprint density at radius 3 is 1.89 bits per heavy atom. The van der Waals surface area contributed by atoms with Crippen molar-refractivity contribution >= 4 is 21.9 Å². The summed E-state index contributed by atoms with van der Waals surface area (Å²) in [5.41, 5.74) is 0. The van der Waals surface area contributed by atoms with Crippen LogP contribution >= 0.6 is 15.9 Å². The van der Waals surface area contributed by atoms with Gasteiger partial charge in [0, 0.05) is 0 Å². The number of hydrogen-bond donors (Lipinski definition) is 1. The summed E-state index contributed by atoms with van der Waals surface area (Å²) in [5.74, 6) is -1.93. The lowest BCUT2D eigenvalue weighted by Crippen LogP contribution is -2.30. The largest absolute Gasteiger partial charge is 0.480 e. The van der Waals surface area contributed by atoms with E-state index < -0.39 is 17.0 Å². The SMILES string of the molecule is O=C(O)C(Br)C(F)(F)F. The van der Waals surface area contributed by atoms with E-state index in [0.29, 0.717) is 0 Å². The van der Waals surface area contributed by atoms with Crippen LogP contribution in [0.1, 0.15) is 0 Å². The minimum Gasteiger partial charge on any atom is -0.480 e. The molecule has 54 valence electrons. The van der Waals surface area contributed by atoms with Gasteiger partial charge in [0.1, 0.15) is 0 Å². The number of aliphatic carboxylic acids is 1. The van der Waals surface area contributed by atoms with Crippen molar-refractivity contribution in [3.63, 3.8) is 0 Å². The third-order valence-electron chi connectivity index (χ3n) is 0.504. The molecule has 0 fully saturated rings. The Morgan fingerprint density at radius 1 is 1.56 bits per heavy atom. The summed E-state index contributed by atoms with van der Waals surface area (Å²) < 4.78 is 33.8. The maximum absolute atomic E-state index is 11.3. The van der Waals surface area contributed by atoms with Gasteiger partial charge in [-0.05, 0) is 0 Å². The highest BCUT2D eigenvalue weighted by Gasteiger charge is 2.43. The standard InChI is InChI=1S/C3H2BrF3O2/c4-1(2(8)9)3(5,6)7/h1H,(H,8,9). The highest BCUT2D eigenvalue weighted by Crippen LogP contribution is 2.25. The van der Waals surface area contributed by atoms with Gasteiger partial charge in [0.15, 0.2) is 0 Å². The summed E-state index contributed by atoms with van der Waals surface area (Å²) in [6.07, 6.45) is -4.70. The molecule has 0 bridgehead atoms. The van der Waals surface area contributed by atoms with Gasteiger partial charge in [-0.3, -0.25) is 4.79 Å². The van der Waals surface area contributed by atoms with Gasteiger partial charge in [0.2, 0.25) is 4.83 Å². The molecule has 0 aliphatic rings. The van der Waals surface area contributed by atoms with Crippen LogP contribution < -0.4 is 0 Å². The van der Waals surface area contributed by atoms with Crippen LogP contribution in [-0.4, -0.2) is 22.1 Å². The van der Waals surface area contributed by atoms with Gasteiger partial charge in [-0.25, -0.2) is 0 Å². The molecular formula is C3H2BrF3O2. The third-order valence-corrected chi connectivity index (χ3v) is 1.41. The Hall–Kier alpha value is -0.260. The molecule has 0 aromatic heterocycles. The number of alkyl halides is 4. The first-order chi connectivity index (χ1) is 3.85. The lowest BCUT2D eigenvalue weighted by atomic mass is 10.4. The lowest BCUT2D eigenvalue weighted by molar-refractivity contribution is -0.161. The minimum absolute atomic E-state index is 1.93. The van der Waals surface area contributed by atoms with Gasteiger partial charge >= 0.3 is 12.1 Å². The second-order valence-electron chi connectivity index (χ2n) is 1.24. The number of carboxylic acid groups (broad SMARTS) is 1. The van der Waals surface area contributed by atoms with Crippen LogP contribution in [0.2, 0.25) is 0 Å². The molecule has 1 unspecified atom stereocenters. The molecule has 1 atom stereocenters. The third kappa shape index (κ3) is 2.69. The molecule has 2 nitrogen and oxygen atoms in total. The Kier molecular flexibility index (Phi) is 2.48. The Balaban J connectivity index is 4.04. The number of carboxylic acids is 1. The molecule has 0 aromatic carbocycles. The average molecular weight is 207 g/mol. The normalized spacial score (nSPS) is 15.1. The second kappa shape index (κ2) is 2.55. The second-order valence-corrected chi connectivity index (χ2v) is 2.16. The maximum Gasteiger partial charge on any atom is 0.411 e. The fourth-order valence-corrected chi connectivity index (χ4v) is 0.140. The van der Waals surface area contributed by atoms with Crippen LogP contribution in [0, 0.1) is 0 Å². The molecule has 0 heterocycles. The van der Waals surface area contributed by atoms with Crippen molar-refractivity contribution < 1.29 is 23.1 Å². The molecule has 0 aliphatic heterocycles. The van der Waals surface area contributed by atoms with Gasteiger partial charge in [-0.2, -0.15) is 13.2 Å². The zero-order chi connectivity index (χ0) is 7.65. The molecule has 0 saturated carbocycles. The molecule has 9 heavy (non-hydrogen) atoms. The highest BCUT2D eigenvalue weighted by atomic mass is 79.9. The van der Waals surface area contributed by atoms with Gasteiger partial charge in [-0.15, -0.1) is 0 Å². The predicted molar refractivity (Wildman–Crippen MR) is 26.4 cm³/mol. The summed E-state index contributed by atoms with van der Waals surface area (Å²) in [4.78, 5) is 7.13. The minimum atomic E-state index is -4.70. The summed E-state index contributed by atoms with van der Waals surface area (Å²) in [7, 11) is 0. The van der Waals surface area contributed by atoms with E-state index in [9.17, 15) is 18.0 Å². The Labute approximate surface area is 56.8 Å². The fraction of sp³-hybridized carbons (Fsp3) is 0.667. The number of rotatable bonds is 1. The summed E-state index contributed by atoms with van der Waals surface area (Å²) >= 11 is 1.94. The van der Waals surface area contributed by atoms with Crippen LogP contribution in [0.15, 0.2) is 0 Å². The van der Waals surface area contributed by atoms with Crippen molar-refractivity contribution in [3.8, 4) is 0 Å². The molecule has 0 amide bonds. The van der Waals surface area contributed by atoms with Crippen LogP contribution in [0.5, 0.6) is 0 Å². The van der Waals surface area contributed by atoms with E-state index in [1.54, 1.807) is 0 Å². The fourth-order valence-electron chi connectivity index (χ4n) is 0.140. The first-order valence-electron chi connectivity index (χ1n) is 1.79. The summed E-state index contributed by atoms with van der Waals surface area (Å²) in [6.45, 7) is 0. The van der Waals surface area contributed by atoms with E-state index in [4.69, 9.17) is 5.11 Å². The van der Waals surface area contributed by atoms with E-state index in [-0.39, 0.29) is 0 Å². The molecule has 6 heteroatoms. The van der Waals surface area contributed by atoms with Crippen LogP contribution in [0.3, 0.4) is 0 Å². The summed E-state index contributed by atoms with van der Waals surface area (Å²) in [5, 5.41) is 7.75. The summed E-state index contributed by atoms with van der Waals surface area (Å²) in [6, 6.07) is 0. The topological polar surface area (TPSA) is 37.3 Å². The number of halogens is 4. The Morgan fingerprint density at radius 2 is 1.89 bits per heavy atom. The molecular weight excluding hydrogens is 205 g/mol. The molecule has 0 aromatic rings. The maximum atomic E-state index is 11.3.